The Kier molecular flexibility index (Phi) is 5.08. The molecule has 1 saturated heterocycles. The molecule has 0 unspecified atom stereocenters. The summed E-state index contributed by atoms with van der Waals surface area (Å²) in [7, 11) is 0. The minimum absolute atomic E-state index is 0.118. The van der Waals surface area contributed by atoms with E-state index in [0.717, 1.165) is 30.3 Å². The third kappa shape index (κ3) is 3.09. The number of benzene rings is 1. The first-order valence-electron chi connectivity index (χ1n) is 12.0. The van der Waals surface area contributed by atoms with Gasteiger partial charge in [-0.15, -0.1) is 0 Å². The lowest BCUT2D eigenvalue weighted by Gasteiger charge is -2.47. The number of aromatic amines is 1. The Morgan fingerprint density at radius 1 is 1.22 bits per heavy atom. The molecular weight excluding hydrogens is 468 g/mol. The molecule has 1 aromatic carbocycles. The number of rotatable bonds is 3. The molecule has 6 rings (SSSR count). The van der Waals surface area contributed by atoms with E-state index in [1.807, 2.05) is 0 Å². The number of nitrogens with zero attached hydrogens (tertiary/aromatic N) is 4. The van der Waals surface area contributed by atoms with Gasteiger partial charge in [0.2, 0.25) is 0 Å². The molecule has 3 heterocycles. The first-order valence-corrected chi connectivity index (χ1v) is 12.0. The lowest BCUT2D eigenvalue weighted by Crippen LogP contribution is -2.57. The molecule has 3 aromatic rings. The number of carbonyl (C=O) groups excluding carboxylic acids is 1. The van der Waals surface area contributed by atoms with Gasteiger partial charge in [0.1, 0.15) is 17.3 Å². The summed E-state index contributed by atoms with van der Waals surface area (Å²) in [4.78, 5) is 32.7. The Labute approximate surface area is 205 Å². The van der Waals surface area contributed by atoms with E-state index < -0.39 is 17.0 Å². The van der Waals surface area contributed by atoms with Gasteiger partial charge >= 0.3 is 0 Å². The Balaban J connectivity index is 1.38. The number of hydrogen-bond acceptors (Lipinski definition) is 6. The van der Waals surface area contributed by atoms with Crippen LogP contribution in [0.2, 0.25) is 0 Å². The van der Waals surface area contributed by atoms with Gasteiger partial charge in [-0.1, -0.05) is 19.9 Å². The number of H-pyrrole nitrogens is 1. The third-order valence-corrected chi connectivity index (χ3v) is 8.48. The fourth-order valence-electron chi connectivity index (χ4n) is 6.70. The molecule has 0 spiro atoms. The van der Waals surface area contributed by atoms with Gasteiger partial charge in [0, 0.05) is 24.7 Å². The highest BCUT2D eigenvalue weighted by Gasteiger charge is 2.67. The highest BCUT2D eigenvalue weighted by Crippen LogP contribution is 2.69. The molecule has 1 saturated carbocycles. The molecule has 1 aliphatic heterocycles. The van der Waals surface area contributed by atoms with Crippen molar-refractivity contribution in [3.05, 3.63) is 75.6 Å². The van der Waals surface area contributed by atoms with E-state index in [9.17, 15) is 18.4 Å². The summed E-state index contributed by atoms with van der Waals surface area (Å²) < 4.78 is 35.3. The van der Waals surface area contributed by atoms with Crippen LogP contribution in [-0.4, -0.2) is 56.8 Å². The molecule has 1 N–H and O–H groups in total. The predicted molar refractivity (Wildman–Crippen MR) is 125 cm³/mol. The third-order valence-electron chi connectivity index (χ3n) is 8.48. The summed E-state index contributed by atoms with van der Waals surface area (Å²) in [6.07, 6.45) is 3.75. The quantitative estimate of drug-likeness (QED) is 0.602. The van der Waals surface area contributed by atoms with Crippen molar-refractivity contribution in [1.29, 1.82) is 0 Å². The van der Waals surface area contributed by atoms with Gasteiger partial charge in [0.25, 0.3) is 11.5 Å². The molecule has 36 heavy (non-hydrogen) atoms. The van der Waals surface area contributed by atoms with Crippen molar-refractivity contribution in [2.24, 2.45) is 5.41 Å². The number of aromatic nitrogens is 4. The van der Waals surface area contributed by atoms with Crippen LogP contribution in [0.1, 0.15) is 54.4 Å². The normalized spacial score (nSPS) is 26.2. The molecule has 3 aliphatic rings. The van der Waals surface area contributed by atoms with E-state index in [2.05, 4.69) is 34.0 Å². The van der Waals surface area contributed by atoms with Gasteiger partial charge in [-0.3, -0.25) is 9.59 Å². The van der Waals surface area contributed by atoms with Crippen molar-refractivity contribution in [2.75, 3.05) is 19.7 Å². The molecule has 8 nitrogen and oxygen atoms in total. The average molecular weight is 494 g/mol. The molecule has 2 aromatic heterocycles. The van der Waals surface area contributed by atoms with Gasteiger partial charge in [-0.25, -0.2) is 13.8 Å². The number of carbonyl (C=O) groups is 1. The minimum Gasteiger partial charge on any atom is -0.374 e. The van der Waals surface area contributed by atoms with Crippen LogP contribution in [0.3, 0.4) is 0 Å². The Bertz CT molecular complexity index is 1400. The molecule has 3 atom stereocenters. The standard InChI is InChI=1S/C26H25F2N5O3/c1-25(2)15-6-7-26(25,20-13-33(8-9-36-20)24(35)19-11-30-21(34)12-29-19)23-14(15)10-18(31-32-23)22-16(27)4-3-5-17(22)28/h3-5,10-12,15,20H,6-9,13H2,1-2H3,(H,30,34)/t15-,20+,26-/m0/s1. The van der Waals surface area contributed by atoms with Crippen molar-refractivity contribution >= 4 is 5.91 Å². The summed E-state index contributed by atoms with van der Waals surface area (Å²) in [5.41, 5.74) is 0.723. The molecule has 1 amide bonds. The fraction of sp³-hybridized carbons (Fsp3) is 0.423. The summed E-state index contributed by atoms with van der Waals surface area (Å²) in [5, 5.41) is 8.83. The van der Waals surface area contributed by atoms with Gasteiger partial charge in [-0.2, -0.15) is 10.2 Å². The largest absolute Gasteiger partial charge is 0.374 e. The number of nitrogens with one attached hydrogen (secondary N) is 1. The van der Waals surface area contributed by atoms with E-state index in [1.54, 1.807) is 11.0 Å². The van der Waals surface area contributed by atoms with Gasteiger partial charge in [-0.05, 0) is 47.9 Å². The number of ether oxygens (including phenoxy) is 1. The summed E-state index contributed by atoms with van der Waals surface area (Å²) in [6, 6.07) is 5.52. The lowest BCUT2D eigenvalue weighted by molar-refractivity contribution is -0.0842. The Morgan fingerprint density at radius 3 is 2.72 bits per heavy atom. The van der Waals surface area contributed by atoms with Crippen LogP contribution in [0.5, 0.6) is 0 Å². The van der Waals surface area contributed by atoms with Crippen molar-refractivity contribution in [3.8, 4) is 11.3 Å². The van der Waals surface area contributed by atoms with Gasteiger partial charge in [0.15, 0.2) is 0 Å². The van der Waals surface area contributed by atoms with E-state index in [-0.39, 0.29) is 45.9 Å². The summed E-state index contributed by atoms with van der Waals surface area (Å²) in [6.45, 7) is 5.43. The minimum atomic E-state index is -0.679. The van der Waals surface area contributed by atoms with Crippen LogP contribution >= 0.6 is 0 Å². The molecule has 10 heteroatoms. The number of amides is 1. The second kappa shape index (κ2) is 7.99. The zero-order valence-corrected chi connectivity index (χ0v) is 19.9. The maximum Gasteiger partial charge on any atom is 0.274 e. The smallest absolute Gasteiger partial charge is 0.274 e. The number of hydrogen-bond donors (Lipinski definition) is 1. The number of fused-ring (bicyclic) bond motifs is 5. The monoisotopic (exact) mass is 493 g/mol. The summed E-state index contributed by atoms with van der Waals surface area (Å²) >= 11 is 0. The zero-order chi connectivity index (χ0) is 25.2. The molecule has 2 aliphatic carbocycles. The topological polar surface area (TPSA) is 101 Å². The second-order valence-corrected chi connectivity index (χ2v) is 10.3. The van der Waals surface area contributed by atoms with Crippen LogP contribution in [0, 0.1) is 17.0 Å². The van der Waals surface area contributed by atoms with Crippen molar-refractivity contribution in [1.82, 2.24) is 25.1 Å². The first kappa shape index (κ1) is 22.9. The maximum absolute atomic E-state index is 14.5. The Hall–Kier alpha value is -3.53. The molecule has 2 bridgehead atoms. The fourth-order valence-corrected chi connectivity index (χ4v) is 6.70. The highest BCUT2D eigenvalue weighted by atomic mass is 19.1. The molecule has 0 radical (unpaired) electrons. The van der Waals surface area contributed by atoms with Crippen molar-refractivity contribution in [2.45, 2.75) is 44.1 Å². The predicted octanol–water partition coefficient (Wildman–Crippen LogP) is 3.20. The summed E-state index contributed by atoms with van der Waals surface area (Å²) in [5.74, 6) is -1.52. The average Bonchev–Trinajstić information content (AvgIpc) is 3.25. The SMILES string of the molecule is CC1(C)[C@H]2CC[C@]1([C@H]1CN(C(=O)c3c[nH]c(=O)cn3)CCO1)c1nnc(-c3c(F)cccc3F)cc12. The van der Waals surface area contributed by atoms with Crippen molar-refractivity contribution < 1.29 is 18.3 Å². The second-order valence-electron chi connectivity index (χ2n) is 10.3. The first-order chi connectivity index (χ1) is 17.2. The maximum atomic E-state index is 14.5. The van der Waals surface area contributed by atoms with E-state index in [4.69, 9.17) is 4.74 Å². The number of halogens is 2. The van der Waals surface area contributed by atoms with Crippen LogP contribution in [0.25, 0.3) is 11.3 Å². The zero-order valence-electron chi connectivity index (χ0n) is 19.9. The van der Waals surface area contributed by atoms with Gasteiger partial charge in [0.05, 0.1) is 35.9 Å². The van der Waals surface area contributed by atoms with E-state index >= 15 is 0 Å². The van der Waals surface area contributed by atoms with Gasteiger partial charge < -0.3 is 14.6 Å². The molecule has 2 fully saturated rings. The number of morpholine rings is 1. The Morgan fingerprint density at radius 2 is 2.00 bits per heavy atom. The van der Waals surface area contributed by atoms with Crippen molar-refractivity contribution in [3.63, 3.8) is 0 Å². The molecule has 186 valence electrons. The van der Waals surface area contributed by atoms with Crippen LogP contribution in [0.15, 0.2) is 41.5 Å². The van der Waals surface area contributed by atoms with E-state index in [1.165, 1.54) is 24.4 Å². The van der Waals surface area contributed by atoms with Crippen LogP contribution < -0.4 is 5.56 Å². The lowest BCUT2D eigenvalue weighted by atomic mass is 9.64. The highest BCUT2D eigenvalue weighted by molar-refractivity contribution is 5.92. The van der Waals surface area contributed by atoms with E-state index in [0.29, 0.717) is 19.7 Å². The molecular formula is C26H25F2N5O3. The van der Waals surface area contributed by atoms with Crippen LogP contribution in [0.4, 0.5) is 8.78 Å². The van der Waals surface area contributed by atoms with Crippen LogP contribution in [-0.2, 0) is 10.2 Å².